The quantitative estimate of drug-likeness (QED) is 0.655. The summed E-state index contributed by atoms with van der Waals surface area (Å²) in [5.41, 5.74) is 0.140. The van der Waals surface area contributed by atoms with Gasteiger partial charge in [0.05, 0.1) is 19.3 Å². The first-order valence-corrected chi connectivity index (χ1v) is 5.95. The van der Waals surface area contributed by atoms with Gasteiger partial charge < -0.3 is 0 Å². The van der Waals surface area contributed by atoms with E-state index in [2.05, 4.69) is 58.1 Å². The van der Waals surface area contributed by atoms with Gasteiger partial charge in [-0.3, -0.25) is 9.49 Å². The van der Waals surface area contributed by atoms with Gasteiger partial charge in [0.15, 0.2) is 6.67 Å². The summed E-state index contributed by atoms with van der Waals surface area (Å²) in [5.74, 6) is 0. The molecule has 0 saturated carbocycles. The van der Waals surface area contributed by atoms with Gasteiger partial charge >= 0.3 is 0 Å². The lowest BCUT2D eigenvalue weighted by molar-refractivity contribution is -0.975. The minimum atomic E-state index is 0.140. The molecule has 0 bridgehead atoms. The van der Waals surface area contributed by atoms with Gasteiger partial charge in [-0.15, -0.1) is 0 Å². The molecule has 15 heavy (non-hydrogen) atoms. The van der Waals surface area contributed by atoms with Crippen LogP contribution in [0.15, 0.2) is 5.10 Å². The van der Waals surface area contributed by atoms with Crippen LogP contribution in [-0.4, -0.2) is 48.1 Å². The second kappa shape index (κ2) is 4.12. The third kappa shape index (κ3) is 2.17. The van der Waals surface area contributed by atoms with E-state index >= 15 is 0 Å². The molecule has 1 aliphatic heterocycles. The fourth-order valence-corrected chi connectivity index (χ4v) is 2.43. The van der Waals surface area contributed by atoms with E-state index in [9.17, 15) is 0 Å². The van der Waals surface area contributed by atoms with Crippen LogP contribution in [0.3, 0.4) is 0 Å². The van der Waals surface area contributed by atoms with Crippen LogP contribution in [0.4, 0.5) is 0 Å². The zero-order valence-corrected chi connectivity index (χ0v) is 11.1. The lowest BCUT2D eigenvalue weighted by Crippen LogP contribution is -2.68. The van der Waals surface area contributed by atoms with Gasteiger partial charge in [0.2, 0.25) is 0 Å². The summed E-state index contributed by atoms with van der Waals surface area (Å²) >= 11 is 0. The highest BCUT2D eigenvalue weighted by molar-refractivity contribution is 5.67. The fourth-order valence-electron chi connectivity index (χ4n) is 2.43. The summed E-state index contributed by atoms with van der Waals surface area (Å²) in [6.45, 7) is 10.2. The molecule has 3 heteroatoms. The Labute approximate surface area is 94.3 Å². The number of nitrogens with zero attached hydrogens (tertiary/aromatic N) is 3. The number of hydrogen-bond donors (Lipinski definition) is 0. The third-order valence-electron chi connectivity index (χ3n) is 4.07. The van der Waals surface area contributed by atoms with Crippen molar-refractivity contribution < 1.29 is 4.48 Å². The van der Waals surface area contributed by atoms with Crippen molar-refractivity contribution in [1.82, 2.24) is 5.01 Å². The molecule has 0 amide bonds. The smallest absolute Gasteiger partial charge is 0.170 e. The Morgan fingerprint density at radius 2 is 2.13 bits per heavy atom. The van der Waals surface area contributed by atoms with E-state index in [0.717, 1.165) is 11.2 Å². The molecule has 1 aliphatic rings. The van der Waals surface area contributed by atoms with Crippen LogP contribution in [0.25, 0.3) is 0 Å². The Morgan fingerprint density at radius 3 is 2.67 bits per heavy atom. The Kier molecular flexibility index (Phi) is 3.44. The monoisotopic (exact) mass is 212 g/mol. The molecule has 0 saturated heterocycles. The summed E-state index contributed by atoms with van der Waals surface area (Å²) in [5, 5.41) is 6.47. The molecule has 0 radical (unpaired) electrons. The van der Waals surface area contributed by atoms with Crippen LogP contribution in [0, 0.1) is 0 Å². The van der Waals surface area contributed by atoms with Gasteiger partial charge in [0.1, 0.15) is 5.54 Å². The molecule has 88 valence electrons. The molecular formula is C12H26N3+. The van der Waals surface area contributed by atoms with Crippen LogP contribution in [0.5, 0.6) is 0 Å². The molecule has 0 aromatic rings. The van der Waals surface area contributed by atoms with E-state index < -0.39 is 0 Å². The average Bonchev–Trinajstić information content (AvgIpc) is 2.13. The number of rotatable bonds is 3. The van der Waals surface area contributed by atoms with Crippen molar-refractivity contribution in [2.45, 2.75) is 52.1 Å². The zero-order chi connectivity index (χ0) is 11.7. The Hall–Kier alpha value is -0.570. The third-order valence-corrected chi connectivity index (χ3v) is 4.07. The Bertz CT molecular complexity index is 247. The van der Waals surface area contributed by atoms with E-state index in [1.165, 1.54) is 12.8 Å². The van der Waals surface area contributed by atoms with Crippen LogP contribution in [0.1, 0.15) is 40.5 Å². The molecule has 1 rings (SSSR count). The number of hydrazone groups is 1. The van der Waals surface area contributed by atoms with Crippen molar-refractivity contribution in [2.75, 3.05) is 20.8 Å². The van der Waals surface area contributed by atoms with E-state index in [-0.39, 0.29) is 5.54 Å². The van der Waals surface area contributed by atoms with Gasteiger partial charge in [-0.05, 0) is 27.2 Å². The van der Waals surface area contributed by atoms with E-state index in [1.54, 1.807) is 0 Å². The van der Waals surface area contributed by atoms with Gasteiger partial charge in [-0.2, -0.15) is 5.10 Å². The summed E-state index contributed by atoms with van der Waals surface area (Å²) in [6.07, 6.45) is 4.64. The maximum atomic E-state index is 4.41. The van der Waals surface area contributed by atoms with Crippen molar-refractivity contribution in [3.05, 3.63) is 0 Å². The lowest BCUT2D eigenvalue weighted by Gasteiger charge is -2.52. The van der Waals surface area contributed by atoms with Crippen molar-refractivity contribution in [1.29, 1.82) is 0 Å². The van der Waals surface area contributed by atoms with Gasteiger partial charge in [-0.25, -0.2) is 0 Å². The van der Waals surface area contributed by atoms with Crippen molar-refractivity contribution >= 4 is 6.21 Å². The maximum absolute atomic E-state index is 4.41. The van der Waals surface area contributed by atoms with Gasteiger partial charge in [0, 0.05) is 7.05 Å². The molecule has 0 spiro atoms. The van der Waals surface area contributed by atoms with E-state index in [1.807, 2.05) is 0 Å². The summed E-state index contributed by atoms with van der Waals surface area (Å²) < 4.78 is 1.06. The lowest BCUT2D eigenvalue weighted by atomic mass is 9.96. The molecule has 0 aromatic heterocycles. The second-order valence-corrected chi connectivity index (χ2v) is 5.60. The van der Waals surface area contributed by atoms with Gasteiger partial charge in [0.25, 0.3) is 0 Å². The van der Waals surface area contributed by atoms with Crippen LogP contribution < -0.4 is 0 Å². The standard InChI is InChI=1S/C12H26N3/c1-7-8-11(2)15(6)10-14(5)13-9-12(15,3)4/h9,11H,7-8,10H2,1-6H3/q+1. The highest BCUT2D eigenvalue weighted by atomic mass is 15.6. The summed E-state index contributed by atoms with van der Waals surface area (Å²) in [6, 6.07) is 0.680. The molecule has 0 N–H and O–H groups in total. The maximum Gasteiger partial charge on any atom is 0.170 e. The fraction of sp³-hybridized carbons (Fsp3) is 0.917. The number of hydrogen-bond acceptors (Lipinski definition) is 2. The van der Waals surface area contributed by atoms with Crippen molar-refractivity contribution in [2.24, 2.45) is 5.10 Å². The molecule has 2 unspecified atom stereocenters. The molecule has 0 aliphatic carbocycles. The number of quaternary nitrogens is 1. The molecular weight excluding hydrogens is 186 g/mol. The second-order valence-electron chi connectivity index (χ2n) is 5.60. The van der Waals surface area contributed by atoms with E-state index in [0.29, 0.717) is 6.04 Å². The van der Waals surface area contributed by atoms with Crippen LogP contribution >= 0.6 is 0 Å². The summed E-state index contributed by atoms with van der Waals surface area (Å²) in [7, 11) is 4.41. The largest absolute Gasteiger partial charge is 0.297 e. The topological polar surface area (TPSA) is 15.6 Å². The highest BCUT2D eigenvalue weighted by Gasteiger charge is 2.45. The highest BCUT2D eigenvalue weighted by Crippen LogP contribution is 2.30. The van der Waals surface area contributed by atoms with Crippen molar-refractivity contribution in [3.63, 3.8) is 0 Å². The molecule has 0 fully saturated rings. The predicted octanol–water partition coefficient (Wildman–Crippen LogP) is 2.29. The van der Waals surface area contributed by atoms with E-state index in [4.69, 9.17) is 0 Å². The molecule has 3 nitrogen and oxygen atoms in total. The summed E-state index contributed by atoms with van der Waals surface area (Å²) in [4.78, 5) is 0. The molecule has 1 heterocycles. The first-order valence-electron chi connectivity index (χ1n) is 5.95. The first kappa shape index (κ1) is 12.5. The van der Waals surface area contributed by atoms with Gasteiger partial charge in [-0.1, -0.05) is 13.3 Å². The minimum absolute atomic E-state index is 0.140. The van der Waals surface area contributed by atoms with Crippen LogP contribution in [0.2, 0.25) is 0 Å². The first-order chi connectivity index (χ1) is 6.83. The Balaban J connectivity index is 2.94. The SMILES string of the molecule is CCCC(C)[N+]1(C)CN(C)N=CC1(C)C. The normalized spacial score (nSPS) is 31.7. The molecule has 0 aromatic carbocycles. The van der Waals surface area contributed by atoms with Crippen molar-refractivity contribution in [3.8, 4) is 0 Å². The Morgan fingerprint density at radius 1 is 1.53 bits per heavy atom. The zero-order valence-electron chi connectivity index (χ0n) is 11.1. The molecule has 2 atom stereocenters. The average molecular weight is 212 g/mol. The predicted molar refractivity (Wildman–Crippen MR) is 65.8 cm³/mol. The minimum Gasteiger partial charge on any atom is -0.297 e. The van der Waals surface area contributed by atoms with Crippen LogP contribution in [-0.2, 0) is 0 Å².